The van der Waals surface area contributed by atoms with E-state index in [9.17, 15) is 26.7 Å². The number of hydrogen-bond donors (Lipinski definition) is 1. The van der Waals surface area contributed by atoms with E-state index >= 15 is 0 Å². The fourth-order valence-electron chi connectivity index (χ4n) is 1.42. The van der Waals surface area contributed by atoms with Gasteiger partial charge in [-0.15, -0.1) is 0 Å². The normalized spacial score (nSPS) is 10.2. The Bertz CT molecular complexity index is 539. The van der Waals surface area contributed by atoms with Gasteiger partial charge in [0.05, 0.1) is 6.07 Å². The lowest BCUT2D eigenvalue weighted by Crippen LogP contribution is -2.28. The highest BCUT2D eigenvalue weighted by atomic mass is 19.2. The molecule has 0 heterocycles. The molecule has 0 saturated carbocycles. The van der Waals surface area contributed by atoms with Crippen LogP contribution in [0.5, 0.6) is 0 Å². The van der Waals surface area contributed by atoms with E-state index in [1.54, 1.807) is 0 Å². The lowest BCUT2D eigenvalue weighted by molar-refractivity contribution is 0.0941. The first-order chi connectivity index (χ1) is 9.41. The molecule has 0 aliphatic heterocycles. The summed E-state index contributed by atoms with van der Waals surface area (Å²) in [6.07, 6.45) is 1.01. The van der Waals surface area contributed by atoms with E-state index < -0.39 is 40.6 Å². The van der Waals surface area contributed by atoms with Crippen molar-refractivity contribution in [1.82, 2.24) is 5.32 Å². The number of nitrogens with one attached hydrogen (secondary N) is 1. The summed E-state index contributed by atoms with van der Waals surface area (Å²) in [5, 5.41) is 10.3. The van der Waals surface area contributed by atoms with Gasteiger partial charge in [0.25, 0.3) is 5.91 Å². The van der Waals surface area contributed by atoms with Crippen molar-refractivity contribution >= 4 is 5.91 Å². The third-order valence-corrected chi connectivity index (χ3v) is 2.44. The number of carbonyl (C=O) groups is 1. The van der Waals surface area contributed by atoms with Crippen LogP contribution in [0, 0.1) is 40.4 Å². The molecule has 0 bridgehead atoms. The number of nitrogens with zero attached hydrogens (tertiary/aromatic N) is 1. The monoisotopic (exact) mass is 292 g/mol. The number of halogens is 5. The fraction of sp³-hybridized carbons (Fsp3) is 0.333. The van der Waals surface area contributed by atoms with Crippen molar-refractivity contribution in [2.75, 3.05) is 6.54 Å². The Morgan fingerprint density at radius 1 is 0.950 bits per heavy atom. The largest absolute Gasteiger partial charge is 0.352 e. The molecule has 0 unspecified atom stereocenters. The van der Waals surface area contributed by atoms with Crippen molar-refractivity contribution in [2.45, 2.75) is 19.3 Å². The predicted molar refractivity (Wildman–Crippen MR) is 58.0 cm³/mol. The third kappa shape index (κ3) is 3.23. The predicted octanol–water partition coefficient (Wildman–Crippen LogP) is 2.81. The molecule has 1 N–H and O–H groups in total. The molecule has 20 heavy (non-hydrogen) atoms. The molecule has 0 aromatic heterocycles. The molecule has 0 aliphatic carbocycles. The third-order valence-electron chi connectivity index (χ3n) is 2.44. The first kappa shape index (κ1) is 15.9. The van der Waals surface area contributed by atoms with Crippen LogP contribution in [-0.4, -0.2) is 12.5 Å². The van der Waals surface area contributed by atoms with E-state index in [2.05, 4.69) is 0 Å². The number of nitriles is 1. The lowest BCUT2D eigenvalue weighted by atomic mass is 10.1. The van der Waals surface area contributed by atoms with Gasteiger partial charge in [0, 0.05) is 13.0 Å². The molecule has 1 rings (SSSR count). The summed E-state index contributed by atoms with van der Waals surface area (Å²) >= 11 is 0. The van der Waals surface area contributed by atoms with Gasteiger partial charge in [-0.25, -0.2) is 22.0 Å². The van der Waals surface area contributed by atoms with Crippen molar-refractivity contribution in [3.8, 4) is 6.07 Å². The zero-order chi connectivity index (χ0) is 15.3. The van der Waals surface area contributed by atoms with Crippen LogP contribution in [0.15, 0.2) is 0 Å². The van der Waals surface area contributed by atoms with Crippen LogP contribution in [0.25, 0.3) is 0 Å². The van der Waals surface area contributed by atoms with Crippen LogP contribution in [0.4, 0.5) is 22.0 Å². The number of amides is 1. The van der Waals surface area contributed by atoms with Gasteiger partial charge in [0.1, 0.15) is 5.56 Å². The van der Waals surface area contributed by atoms with Gasteiger partial charge >= 0.3 is 0 Å². The zero-order valence-corrected chi connectivity index (χ0v) is 10.1. The molecule has 108 valence electrons. The average Bonchev–Trinajstić information content (AvgIpc) is 2.43. The van der Waals surface area contributed by atoms with Gasteiger partial charge in [-0.3, -0.25) is 4.79 Å². The molecule has 0 fully saturated rings. The molecule has 0 saturated heterocycles. The summed E-state index contributed by atoms with van der Waals surface area (Å²) in [4.78, 5) is 11.4. The van der Waals surface area contributed by atoms with Gasteiger partial charge in [-0.1, -0.05) is 0 Å². The van der Waals surface area contributed by atoms with E-state index in [0.717, 1.165) is 0 Å². The molecule has 1 aromatic carbocycles. The van der Waals surface area contributed by atoms with E-state index in [1.807, 2.05) is 11.4 Å². The Morgan fingerprint density at radius 3 is 1.95 bits per heavy atom. The van der Waals surface area contributed by atoms with Crippen LogP contribution in [0.1, 0.15) is 29.6 Å². The highest BCUT2D eigenvalue weighted by molar-refractivity contribution is 5.94. The van der Waals surface area contributed by atoms with Crippen LogP contribution in [0.3, 0.4) is 0 Å². The average molecular weight is 292 g/mol. The Hall–Kier alpha value is -2.17. The van der Waals surface area contributed by atoms with Crippen LogP contribution in [-0.2, 0) is 0 Å². The second-order valence-electron chi connectivity index (χ2n) is 3.82. The molecule has 8 heteroatoms. The van der Waals surface area contributed by atoms with E-state index in [4.69, 9.17) is 5.26 Å². The Labute approximate surface area is 111 Å². The van der Waals surface area contributed by atoms with Crippen LogP contribution < -0.4 is 5.32 Å². The molecule has 0 aliphatic rings. The van der Waals surface area contributed by atoms with Gasteiger partial charge in [0.2, 0.25) is 5.82 Å². The minimum absolute atomic E-state index is 0.0417. The Kier molecular flexibility index (Phi) is 5.43. The molecule has 0 spiro atoms. The van der Waals surface area contributed by atoms with Gasteiger partial charge < -0.3 is 5.32 Å². The summed E-state index contributed by atoms with van der Waals surface area (Å²) in [5.41, 5.74) is -1.51. The first-order valence-electron chi connectivity index (χ1n) is 5.58. The van der Waals surface area contributed by atoms with Crippen LogP contribution in [0.2, 0.25) is 0 Å². The molecule has 1 amide bonds. The second-order valence-corrected chi connectivity index (χ2v) is 3.82. The van der Waals surface area contributed by atoms with Crippen molar-refractivity contribution in [2.24, 2.45) is 0 Å². The highest BCUT2D eigenvalue weighted by Crippen LogP contribution is 2.22. The summed E-state index contributed by atoms with van der Waals surface area (Å²) in [7, 11) is 0. The summed E-state index contributed by atoms with van der Waals surface area (Å²) in [5.74, 6) is -12.4. The van der Waals surface area contributed by atoms with Crippen molar-refractivity contribution < 1.29 is 26.7 Å². The van der Waals surface area contributed by atoms with Crippen molar-refractivity contribution in [3.05, 3.63) is 34.6 Å². The van der Waals surface area contributed by atoms with Gasteiger partial charge in [0.15, 0.2) is 23.3 Å². The molecule has 1 aromatic rings. The van der Waals surface area contributed by atoms with Gasteiger partial charge in [-0.05, 0) is 12.8 Å². The van der Waals surface area contributed by atoms with E-state index in [0.29, 0.717) is 12.8 Å². The molecular formula is C12H9F5N2O. The maximum absolute atomic E-state index is 13.3. The maximum atomic E-state index is 13.3. The Balaban J connectivity index is 2.87. The zero-order valence-electron chi connectivity index (χ0n) is 10.1. The molecule has 3 nitrogen and oxygen atoms in total. The molecule has 0 atom stereocenters. The number of unbranched alkanes of at least 4 members (excludes halogenated alkanes) is 2. The minimum atomic E-state index is -2.31. The smallest absolute Gasteiger partial charge is 0.257 e. The standard InChI is InChI=1S/C12H9F5N2O/c13-7-6(8(14)10(16)11(17)9(7)15)12(20)19-5-3-1-2-4-18/h1-3,5H2,(H,19,20). The first-order valence-corrected chi connectivity index (χ1v) is 5.58. The van der Waals surface area contributed by atoms with E-state index in [-0.39, 0.29) is 13.0 Å². The topological polar surface area (TPSA) is 52.9 Å². The number of rotatable bonds is 5. The Morgan fingerprint density at radius 2 is 1.45 bits per heavy atom. The highest BCUT2D eigenvalue weighted by Gasteiger charge is 2.29. The second kappa shape index (κ2) is 6.84. The number of hydrogen-bond acceptors (Lipinski definition) is 2. The lowest BCUT2D eigenvalue weighted by Gasteiger charge is -2.08. The summed E-state index contributed by atoms with van der Waals surface area (Å²) in [6, 6.07) is 1.85. The van der Waals surface area contributed by atoms with E-state index in [1.165, 1.54) is 0 Å². The quantitative estimate of drug-likeness (QED) is 0.393. The molecular weight excluding hydrogens is 283 g/mol. The number of carbonyl (C=O) groups excluding carboxylic acids is 1. The van der Waals surface area contributed by atoms with Crippen molar-refractivity contribution in [3.63, 3.8) is 0 Å². The fourth-order valence-corrected chi connectivity index (χ4v) is 1.42. The van der Waals surface area contributed by atoms with Gasteiger partial charge in [-0.2, -0.15) is 5.26 Å². The molecule has 0 radical (unpaired) electrons. The van der Waals surface area contributed by atoms with Crippen LogP contribution >= 0.6 is 0 Å². The SMILES string of the molecule is N#CCCCCNC(=O)c1c(F)c(F)c(F)c(F)c1F. The maximum Gasteiger partial charge on any atom is 0.257 e. The minimum Gasteiger partial charge on any atom is -0.352 e. The summed E-state index contributed by atoms with van der Waals surface area (Å²) in [6.45, 7) is -0.0417. The van der Waals surface area contributed by atoms with Crippen molar-refractivity contribution in [1.29, 1.82) is 5.26 Å². The summed E-state index contributed by atoms with van der Waals surface area (Å²) < 4.78 is 65.0. The number of benzene rings is 1.